The molecule has 0 amide bonds. The van der Waals surface area contributed by atoms with Crippen molar-refractivity contribution in [2.45, 2.75) is 0 Å². The van der Waals surface area contributed by atoms with E-state index in [1.165, 1.54) is 0 Å². The van der Waals surface area contributed by atoms with Crippen molar-refractivity contribution in [1.29, 1.82) is 5.26 Å². The molecule has 3 aromatic rings. The third-order valence-electron chi connectivity index (χ3n) is 3.00. The zero-order valence-electron chi connectivity index (χ0n) is 10.6. The highest BCUT2D eigenvalue weighted by Crippen LogP contribution is 2.29. The van der Waals surface area contributed by atoms with Crippen molar-refractivity contribution in [2.75, 3.05) is 5.32 Å². The van der Waals surface area contributed by atoms with Crippen LogP contribution in [0.1, 0.15) is 5.56 Å². The second-order valence-corrected chi connectivity index (χ2v) is 5.11. The standard InChI is InChI=1S/C15H8Cl2N4/c16-10-6-5-9(8-18)13(7-10)19-15-12-4-2-1-3-11(12)14(17)20-21-15/h1-7H,(H,19,21). The van der Waals surface area contributed by atoms with Gasteiger partial charge >= 0.3 is 0 Å². The summed E-state index contributed by atoms with van der Waals surface area (Å²) in [4.78, 5) is 0. The number of anilines is 2. The zero-order chi connectivity index (χ0) is 14.8. The van der Waals surface area contributed by atoms with E-state index in [-0.39, 0.29) is 0 Å². The molecule has 0 unspecified atom stereocenters. The molecule has 2 aromatic carbocycles. The maximum atomic E-state index is 9.15. The van der Waals surface area contributed by atoms with E-state index in [1.807, 2.05) is 24.3 Å². The average molecular weight is 315 g/mol. The molecular weight excluding hydrogens is 307 g/mol. The quantitative estimate of drug-likeness (QED) is 0.753. The Labute approximate surface area is 130 Å². The van der Waals surface area contributed by atoms with E-state index in [2.05, 4.69) is 21.6 Å². The molecule has 102 valence electrons. The largest absolute Gasteiger partial charge is 0.337 e. The summed E-state index contributed by atoms with van der Waals surface area (Å²) in [6.45, 7) is 0. The van der Waals surface area contributed by atoms with Gasteiger partial charge in [0.15, 0.2) is 11.0 Å². The van der Waals surface area contributed by atoms with Gasteiger partial charge in [-0.1, -0.05) is 47.5 Å². The van der Waals surface area contributed by atoms with Crippen LogP contribution in [0.3, 0.4) is 0 Å². The van der Waals surface area contributed by atoms with Gasteiger partial charge in [0.05, 0.1) is 11.3 Å². The summed E-state index contributed by atoms with van der Waals surface area (Å²) in [5, 5.41) is 22.7. The molecule has 0 spiro atoms. The normalized spacial score (nSPS) is 10.3. The first-order valence-electron chi connectivity index (χ1n) is 6.06. The Morgan fingerprint density at radius 1 is 1.00 bits per heavy atom. The third-order valence-corrected chi connectivity index (χ3v) is 3.51. The van der Waals surface area contributed by atoms with Crippen molar-refractivity contribution in [2.24, 2.45) is 0 Å². The number of hydrogen-bond donors (Lipinski definition) is 1. The number of nitrogens with one attached hydrogen (secondary N) is 1. The van der Waals surface area contributed by atoms with Gasteiger partial charge in [-0.2, -0.15) is 5.26 Å². The summed E-state index contributed by atoms with van der Waals surface area (Å²) in [6.07, 6.45) is 0. The number of aromatic nitrogens is 2. The highest BCUT2D eigenvalue weighted by atomic mass is 35.5. The van der Waals surface area contributed by atoms with Crippen molar-refractivity contribution < 1.29 is 0 Å². The first-order chi connectivity index (χ1) is 10.2. The number of rotatable bonds is 2. The Kier molecular flexibility index (Phi) is 3.61. The van der Waals surface area contributed by atoms with Crippen molar-refractivity contribution in [3.63, 3.8) is 0 Å². The number of nitriles is 1. The van der Waals surface area contributed by atoms with E-state index in [1.54, 1.807) is 18.2 Å². The van der Waals surface area contributed by atoms with E-state index in [0.717, 1.165) is 10.8 Å². The number of hydrogen-bond acceptors (Lipinski definition) is 4. The van der Waals surface area contributed by atoms with E-state index >= 15 is 0 Å². The lowest BCUT2D eigenvalue weighted by Gasteiger charge is -2.10. The molecule has 0 aliphatic rings. The Hall–Kier alpha value is -2.35. The summed E-state index contributed by atoms with van der Waals surface area (Å²) in [5.41, 5.74) is 1.05. The summed E-state index contributed by atoms with van der Waals surface area (Å²) >= 11 is 12.0. The van der Waals surface area contributed by atoms with E-state index < -0.39 is 0 Å². The van der Waals surface area contributed by atoms with Gasteiger partial charge in [0.25, 0.3) is 0 Å². The second kappa shape index (κ2) is 5.57. The van der Waals surface area contributed by atoms with Crippen LogP contribution in [0.4, 0.5) is 11.5 Å². The van der Waals surface area contributed by atoms with Crippen LogP contribution in [0.15, 0.2) is 42.5 Å². The molecular formula is C15H8Cl2N4. The molecule has 0 aliphatic carbocycles. The molecule has 0 bridgehead atoms. The van der Waals surface area contributed by atoms with E-state index in [0.29, 0.717) is 27.2 Å². The van der Waals surface area contributed by atoms with Gasteiger partial charge in [-0.05, 0) is 18.2 Å². The zero-order valence-corrected chi connectivity index (χ0v) is 12.2. The first kappa shape index (κ1) is 13.6. The fourth-order valence-corrected chi connectivity index (χ4v) is 2.38. The smallest absolute Gasteiger partial charge is 0.161 e. The molecule has 21 heavy (non-hydrogen) atoms. The highest BCUT2D eigenvalue weighted by Gasteiger charge is 2.10. The SMILES string of the molecule is N#Cc1ccc(Cl)cc1Nc1nnc(Cl)c2ccccc12. The highest BCUT2D eigenvalue weighted by molar-refractivity contribution is 6.34. The molecule has 1 N–H and O–H groups in total. The van der Waals surface area contributed by atoms with E-state index in [9.17, 15) is 0 Å². The monoisotopic (exact) mass is 314 g/mol. The van der Waals surface area contributed by atoms with Gasteiger partial charge in [0, 0.05) is 15.8 Å². The van der Waals surface area contributed by atoms with Crippen LogP contribution in [-0.2, 0) is 0 Å². The predicted molar refractivity (Wildman–Crippen MR) is 84.0 cm³/mol. The molecule has 0 aliphatic heterocycles. The van der Waals surface area contributed by atoms with Gasteiger partial charge in [-0.3, -0.25) is 0 Å². The minimum Gasteiger partial charge on any atom is -0.337 e. The molecule has 1 aromatic heterocycles. The Morgan fingerprint density at radius 2 is 1.76 bits per heavy atom. The Morgan fingerprint density at radius 3 is 2.52 bits per heavy atom. The summed E-state index contributed by atoms with van der Waals surface area (Å²) in [5.74, 6) is 0.522. The van der Waals surface area contributed by atoms with Crippen LogP contribution >= 0.6 is 23.2 Å². The minimum absolute atomic E-state index is 0.336. The van der Waals surface area contributed by atoms with Gasteiger partial charge in [0.2, 0.25) is 0 Å². The fourth-order valence-electron chi connectivity index (χ4n) is 2.01. The lowest BCUT2D eigenvalue weighted by atomic mass is 10.1. The Balaban J connectivity index is 2.13. The average Bonchev–Trinajstić information content (AvgIpc) is 2.51. The first-order valence-corrected chi connectivity index (χ1v) is 6.82. The van der Waals surface area contributed by atoms with Crippen molar-refractivity contribution in [3.8, 4) is 6.07 Å². The van der Waals surface area contributed by atoms with Crippen LogP contribution < -0.4 is 5.32 Å². The molecule has 3 rings (SSSR count). The lowest BCUT2D eigenvalue weighted by molar-refractivity contribution is 1.05. The van der Waals surface area contributed by atoms with Crippen LogP contribution in [0.2, 0.25) is 10.2 Å². The van der Waals surface area contributed by atoms with Gasteiger partial charge in [-0.15, -0.1) is 10.2 Å². The van der Waals surface area contributed by atoms with E-state index in [4.69, 9.17) is 28.5 Å². The number of fused-ring (bicyclic) bond motifs is 1. The number of nitrogens with zero attached hydrogens (tertiary/aromatic N) is 3. The summed E-state index contributed by atoms with van der Waals surface area (Å²) in [7, 11) is 0. The molecule has 1 heterocycles. The molecule has 0 atom stereocenters. The maximum Gasteiger partial charge on any atom is 0.161 e. The molecule has 0 saturated carbocycles. The lowest BCUT2D eigenvalue weighted by Crippen LogP contribution is -1.99. The van der Waals surface area contributed by atoms with Crippen LogP contribution in [0, 0.1) is 11.3 Å². The Bertz CT molecular complexity index is 871. The maximum absolute atomic E-state index is 9.15. The summed E-state index contributed by atoms with van der Waals surface area (Å²) in [6, 6.07) is 14.6. The predicted octanol–water partition coefficient (Wildman–Crippen LogP) is 4.55. The summed E-state index contributed by atoms with van der Waals surface area (Å²) < 4.78 is 0. The van der Waals surface area contributed by atoms with Gasteiger partial charge in [0.1, 0.15) is 6.07 Å². The molecule has 4 nitrogen and oxygen atoms in total. The molecule has 0 radical (unpaired) electrons. The van der Waals surface area contributed by atoms with Gasteiger partial charge in [-0.25, -0.2) is 0 Å². The van der Waals surface area contributed by atoms with Gasteiger partial charge < -0.3 is 5.32 Å². The third kappa shape index (κ3) is 2.62. The number of halogens is 2. The number of benzene rings is 2. The van der Waals surface area contributed by atoms with Crippen molar-refractivity contribution in [1.82, 2.24) is 10.2 Å². The topological polar surface area (TPSA) is 61.6 Å². The fraction of sp³-hybridized carbons (Fsp3) is 0. The van der Waals surface area contributed by atoms with Crippen LogP contribution in [0.5, 0.6) is 0 Å². The molecule has 0 fully saturated rings. The van der Waals surface area contributed by atoms with Crippen molar-refractivity contribution in [3.05, 3.63) is 58.2 Å². The molecule has 0 saturated heterocycles. The second-order valence-electron chi connectivity index (χ2n) is 4.31. The molecule has 6 heteroatoms. The minimum atomic E-state index is 0.336. The van der Waals surface area contributed by atoms with Crippen molar-refractivity contribution >= 4 is 45.5 Å². The van der Waals surface area contributed by atoms with Crippen LogP contribution in [-0.4, -0.2) is 10.2 Å². The van der Waals surface area contributed by atoms with Crippen LogP contribution in [0.25, 0.3) is 10.8 Å².